The summed E-state index contributed by atoms with van der Waals surface area (Å²) in [6, 6.07) is 19.4. The molecule has 0 aliphatic carbocycles. The second-order valence-corrected chi connectivity index (χ2v) is 9.53. The predicted octanol–water partition coefficient (Wildman–Crippen LogP) is 6.28. The molecule has 0 bridgehead atoms. The number of nitrogens with zero attached hydrogens (tertiary/aromatic N) is 3. The van der Waals surface area contributed by atoms with E-state index in [-0.39, 0.29) is 11.7 Å². The van der Waals surface area contributed by atoms with Gasteiger partial charge in [0.05, 0.1) is 23.8 Å². The number of aromatic amines is 1. The Hall–Kier alpha value is -5.18. The third-order valence-corrected chi connectivity index (χ3v) is 6.87. The zero-order valence-electron chi connectivity index (χ0n) is 22.4. The minimum Gasteiger partial charge on any atom is -0.496 e. The maximum Gasteiger partial charge on any atom is 0.255 e. The molecule has 1 amide bonds. The number of pyridine rings is 1. The minimum atomic E-state index is -0.367. The van der Waals surface area contributed by atoms with Gasteiger partial charge in [0.2, 0.25) is 0 Å². The molecule has 2 N–H and O–H groups in total. The Balaban J connectivity index is 1.59. The molecule has 0 atom stereocenters. The smallest absolute Gasteiger partial charge is 0.255 e. The van der Waals surface area contributed by atoms with Crippen LogP contribution in [-0.4, -0.2) is 49.1 Å². The van der Waals surface area contributed by atoms with Gasteiger partial charge in [-0.15, -0.1) is 0 Å². The summed E-state index contributed by atoms with van der Waals surface area (Å²) in [5.41, 5.74) is 6.40. The molecule has 40 heavy (non-hydrogen) atoms. The van der Waals surface area contributed by atoms with Crippen molar-refractivity contribution in [3.8, 4) is 39.6 Å². The highest BCUT2D eigenvalue weighted by Gasteiger charge is 2.24. The van der Waals surface area contributed by atoms with Gasteiger partial charge in [0.1, 0.15) is 28.7 Å². The number of fused-ring (bicyclic) bond motifs is 2. The first-order valence-corrected chi connectivity index (χ1v) is 12.6. The summed E-state index contributed by atoms with van der Waals surface area (Å²) in [6.07, 6.45) is 1.70. The van der Waals surface area contributed by atoms with E-state index in [0.29, 0.717) is 45.1 Å². The number of aromatic nitrogens is 3. The Morgan fingerprint density at radius 2 is 1.80 bits per heavy atom. The molecule has 8 nitrogen and oxygen atoms in total. The van der Waals surface area contributed by atoms with Crippen LogP contribution in [0.2, 0.25) is 0 Å². The number of methoxy groups -OCH3 is 1. The van der Waals surface area contributed by atoms with Crippen molar-refractivity contribution in [2.45, 2.75) is 0 Å². The van der Waals surface area contributed by atoms with Crippen LogP contribution in [0.15, 0.2) is 77.3 Å². The number of benzene rings is 3. The predicted molar refractivity (Wildman–Crippen MR) is 154 cm³/mol. The summed E-state index contributed by atoms with van der Waals surface area (Å²) in [4.78, 5) is 27.5. The van der Waals surface area contributed by atoms with E-state index in [0.717, 1.165) is 27.9 Å². The lowest BCUT2D eigenvalue weighted by molar-refractivity contribution is 0.0964. The zero-order chi connectivity index (χ0) is 28.0. The normalized spacial score (nSPS) is 11.2. The van der Waals surface area contributed by atoms with Gasteiger partial charge in [-0.1, -0.05) is 6.07 Å². The van der Waals surface area contributed by atoms with E-state index in [9.17, 15) is 9.18 Å². The van der Waals surface area contributed by atoms with Crippen molar-refractivity contribution >= 4 is 33.7 Å². The number of nitrogens with one attached hydrogen (secondary N) is 2. The molecule has 9 heteroatoms. The summed E-state index contributed by atoms with van der Waals surface area (Å²) >= 11 is 0. The van der Waals surface area contributed by atoms with Crippen LogP contribution >= 0.6 is 0 Å². The van der Waals surface area contributed by atoms with Gasteiger partial charge in [-0.05, 0) is 60.2 Å². The van der Waals surface area contributed by atoms with Gasteiger partial charge in [-0.2, -0.15) is 0 Å². The molecule has 0 unspecified atom stereocenters. The van der Waals surface area contributed by atoms with Crippen LogP contribution < -0.4 is 15.0 Å². The number of furan rings is 1. The summed E-state index contributed by atoms with van der Waals surface area (Å²) < 4.78 is 25.6. The highest BCUT2D eigenvalue weighted by atomic mass is 19.1. The SMILES string of the molecule is CNC(=O)c1c(-c2ccc(F)cc2)oc2cc(N(C)C)c(-c3ccc(OC)c(-c4nc5ncccc5[nH]4)c3)cc12. The summed E-state index contributed by atoms with van der Waals surface area (Å²) in [7, 11) is 7.09. The average Bonchev–Trinajstić information content (AvgIpc) is 3.57. The van der Waals surface area contributed by atoms with Gasteiger partial charge in [0, 0.05) is 55.6 Å². The summed E-state index contributed by atoms with van der Waals surface area (Å²) in [6.45, 7) is 0. The summed E-state index contributed by atoms with van der Waals surface area (Å²) in [5.74, 6) is 0.999. The Labute approximate surface area is 229 Å². The van der Waals surface area contributed by atoms with Crippen molar-refractivity contribution in [2.24, 2.45) is 0 Å². The Morgan fingerprint density at radius 1 is 1.02 bits per heavy atom. The first-order chi connectivity index (χ1) is 19.4. The first-order valence-electron chi connectivity index (χ1n) is 12.6. The van der Waals surface area contributed by atoms with Crippen LogP contribution in [0, 0.1) is 5.82 Å². The number of carbonyl (C=O) groups excluding carboxylic acids is 1. The number of imidazole rings is 1. The van der Waals surface area contributed by atoms with E-state index in [1.54, 1.807) is 32.5 Å². The topological polar surface area (TPSA) is 96.3 Å². The fourth-order valence-corrected chi connectivity index (χ4v) is 4.92. The van der Waals surface area contributed by atoms with E-state index >= 15 is 0 Å². The maximum atomic E-state index is 13.6. The summed E-state index contributed by atoms with van der Waals surface area (Å²) in [5, 5.41) is 3.36. The van der Waals surface area contributed by atoms with Crippen molar-refractivity contribution in [3.63, 3.8) is 0 Å². The zero-order valence-corrected chi connectivity index (χ0v) is 22.4. The number of H-pyrrole nitrogens is 1. The van der Waals surface area contributed by atoms with Crippen LogP contribution in [0.1, 0.15) is 10.4 Å². The van der Waals surface area contributed by atoms with Crippen molar-refractivity contribution in [1.29, 1.82) is 0 Å². The lowest BCUT2D eigenvalue weighted by atomic mass is 9.96. The van der Waals surface area contributed by atoms with Gasteiger partial charge in [-0.25, -0.2) is 14.4 Å². The lowest BCUT2D eigenvalue weighted by Gasteiger charge is -2.19. The van der Waals surface area contributed by atoms with Crippen LogP contribution in [0.5, 0.6) is 5.75 Å². The van der Waals surface area contributed by atoms with Crippen molar-refractivity contribution in [3.05, 3.63) is 84.3 Å². The van der Waals surface area contributed by atoms with Gasteiger partial charge in [-0.3, -0.25) is 4.79 Å². The Bertz CT molecular complexity index is 1860. The molecule has 6 aromatic rings. The number of rotatable bonds is 6. The number of amides is 1. The van der Waals surface area contributed by atoms with Gasteiger partial charge in [0.25, 0.3) is 5.91 Å². The fourth-order valence-electron chi connectivity index (χ4n) is 4.92. The first kappa shape index (κ1) is 25.1. The van der Waals surface area contributed by atoms with Crippen LogP contribution in [0.4, 0.5) is 10.1 Å². The Morgan fingerprint density at radius 3 is 2.50 bits per heavy atom. The number of halogens is 1. The molecule has 0 fully saturated rings. The highest BCUT2D eigenvalue weighted by Crippen LogP contribution is 2.42. The van der Waals surface area contributed by atoms with Crippen molar-refractivity contribution < 1.29 is 18.3 Å². The molecular weight excluding hydrogens is 509 g/mol. The highest BCUT2D eigenvalue weighted by molar-refractivity contribution is 6.13. The van der Waals surface area contributed by atoms with Gasteiger partial charge < -0.3 is 24.4 Å². The standard InChI is InChI=1S/C31H26FN5O3/c1-33-31(38)27-21-15-20(24(37(2)3)16-26(21)40-28(27)17-7-10-19(32)11-8-17)18-9-12-25(39-4)22(14-18)29-35-23-6-5-13-34-30(23)36-29/h5-16H,1-4H3,(H,33,38)(H,34,35,36). The van der Waals surface area contributed by atoms with Crippen LogP contribution in [0.3, 0.4) is 0 Å². The molecule has 0 saturated heterocycles. The molecule has 200 valence electrons. The number of ether oxygens (including phenoxy) is 1. The molecule has 3 aromatic carbocycles. The third-order valence-electron chi connectivity index (χ3n) is 6.87. The molecule has 0 spiro atoms. The van der Waals surface area contributed by atoms with E-state index in [4.69, 9.17) is 9.15 Å². The molecule has 0 radical (unpaired) electrons. The molecule has 3 heterocycles. The molecule has 0 saturated carbocycles. The average molecular weight is 536 g/mol. The van der Waals surface area contributed by atoms with Gasteiger partial charge in [0.15, 0.2) is 5.65 Å². The van der Waals surface area contributed by atoms with E-state index in [1.165, 1.54) is 12.1 Å². The molecule has 0 aliphatic rings. The number of anilines is 1. The van der Waals surface area contributed by atoms with Crippen molar-refractivity contribution in [2.75, 3.05) is 33.2 Å². The van der Waals surface area contributed by atoms with Crippen molar-refractivity contribution in [1.82, 2.24) is 20.3 Å². The van der Waals surface area contributed by atoms with E-state index in [2.05, 4.69) is 20.3 Å². The Kier molecular flexibility index (Phi) is 6.18. The van der Waals surface area contributed by atoms with E-state index < -0.39 is 0 Å². The van der Waals surface area contributed by atoms with Crippen LogP contribution in [-0.2, 0) is 0 Å². The molecule has 6 rings (SSSR count). The third kappa shape index (κ3) is 4.21. The second-order valence-electron chi connectivity index (χ2n) is 9.53. The molecule has 0 aliphatic heterocycles. The second kappa shape index (κ2) is 9.85. The van der Waals surface area contributed by atoms with E-state index in [1.807, 2.05) is 61.5 Å². The minimum absolute atomic E-state index is 0.299. The quantitative estimate of drug-likeness (QED) is 0.261. The fraction of sp³-hybridized carbons (Fsp3) is 0.129. The molecular formula is C31H26FN5O3. The maximum absolute atomic E-state index is 13.6. The number of hydrogen-bond donors (Lipinski definition) is 2. The largest absolute Gasteiger partial charge is 0.496 e. The molecule has 3 aromatic heterocycles. The number of carbonyl (C=O) groups is 1. The van der Waals surface area contributed by atoms with Gasteiger partial charge >= 0.3 is 0 Å². The van der Waals surface area contributed by atoms with Crippen LogP contribution in [0.25, 0.3) is 56.0 Å². The number of hydrogen-bond acceptors (Lipinski definition) is 6. The lowest BCUT2D eigenvalue weighted by Crippen LogP contribution is -2.18. The monoisotopic (exact) mass is 535 g/mol.